The quantitative estimate of drug-likeness (QED) is 0.823. The summed E-state index contributed by atoms with van der Waals surface area (Å²) in [7, 11) is 2.09. The number of rotatable bonds is 5. The molecule has 1 aromatic heterocycles. The lowest BCUT2D eigenvalue weighted by Crippen LogP contribution is -2.29. The van der Waals surface area contributed by atoms with Gasteiger partial charge in [0, 0.05) is 4.88 Å². The first kappa shape index (κ1) is 12.1. The van der Waals surface area contributed by atoms with E-state index < -0.39 is 0 Å². The Labute approximate surface area is 103 Å². The van der Waals surface area contributed by atoms with Crippen LogP contribution in [0.15, 0.2) is 17.5 Å². The third kappa shape index (κ3) is 3.33. The Morgan fingerprint density at radius 1 is 1.31 bits per heavy atom. The van der Waals surface area contributed by atoms with E-state index in [1.54, 1.807) is 4.88 Å². The summed E-state index contributed by atoms with van der Waals surface area (Å²) in [4.78, 5) is 1.56. The number of nitrogens with one attached hydrogen (secondary N) is 1. The van der Waals surface area contributed by atoms with E-state index in [1.165, 1.54) is 45.1 Å². The molecular formula is C14H23NS. The minimum absolute atomic E-state index is 0.929. The van der Waals surface area contributed by atoms with Gasteiger partial charge in [0.25, 0.3) is 0 Å². The SMILES string of the molecule is CNCC1CCCCC1CCc1cccs1. The summed E-state index contributed by atoms with van der Waals surface area (Å²) in [5, 5.41) is 5.56. The first-order valence-electron chi connectivity index (χ1n) is 6.57. The Kier molecular flexibility index (Phi) is 4.86. The van der Waals surface area contributed by atoms with E-state index in [9.17, 15) is 0 Å². The molecule has 1 aliphatic rings. The van der Waals surface area contributed by atoms with Crippen molar-refractivity contribution < 1.29 is 0 Å². The molecule has 0 aliphatic heterocycles. The maximum Gasteiger partial charge on any atom is 0.00453 e. The van der Waals surface area contributed by atoms with Gasteiger partial charge in [-0.15, -0.1) is 11.3 Å². The fourth-order valence-corrected chi connectivity index (χ4v) is 3.70. The first-order valence-corrected chi connectivity index (χ1v) is 7.45. The van der Waals surface area contributed by atoms with Crippen LogP contribution in [0.3, 0.4) is 0 Å². The maximum absolute atomic E-state index is 3.36. The smallest absolute Gasteiger partial charge is 0.00453 e. The van der Waals surface area contributed by atoms with Crippen molar-refractivity contribution in [1.82, 2.24) is 5.32 Å². The van der Waals surface area contributed by atoms with Crippen LogP contribution in [0, 0.1) is 11.8 Å². The van der Waals surface area contributed by atoms with Crippen LogP contribution in [0.2, 0.25) is 0 Å². The molecule has 1 saturated carbocycles. The third-order valence-corrected chi connectivity index (χ3v) is 4.81. The largest absolute Gasteiger partial charge is 0.319 e. The summed E-state index contributed by atoms with van der Waals surface area (Å²) in [5.74, 6) is 1.89. The van der Waals surface area contributed by atoms with Gasteiger partial charge in [0.1, 0.15) is 0 Å². The molecule has 2 heteroatoms. The van der Waals surface area contributed by atoms with Crippen molar-refractivity contribution in [1.29, 1.82) is 0 Å². The van der Waals surface area contributed by atoms with Crippen LogP contribution in [-0.2, 0) is 6.42 Å². The van der Waals surface area contributed by atoms with Gasteiger partial charge in [-0.05, 0) is 56.1 Å². The molecule has 0 amide bonds. The van der Waals surface area contributed by atoms with Crippen LogP contribution in [-0.4, -0.2) is 13.6 Å². The number of thiophene rings is 1. The fourth-order valence-electron chi connectivity index (χ4n) is 2.98. The molecular weight excluding hydrogens is 214 g/mol. The van der Waals surface area contributed by atoms with Crippen LogP contribution < -0.4 is 5.32 Å². The topological polar surface area (TPSA) is 12.0 Å². The Hall–Kier alpha value is -0.340. The van der Waals surface area contributed by atoms with Crippen LogP contribution >= 0.6 is 11.3 Å². The van der Waals surface area contributed by atoms with Gasteiger partial charge in [-0.3, -0.25) is 0 Å². The van der Waals surface area contributed by atoms with Gasteiger partial charge >= 0.3 is 0 Å². The first-order chi connectivity index (χ1) is 7.90. The van der Waals surface area contributed by atoms with Crippen molar-refractivity contribution in [3.63, 3.8) is 0 Å². The number of hydrogen-bond donors (Lipinski definition) is 1. The zero-order chi connectivity index (χ0) is 11.2. The summed E-state index contributed by atoms with van der Waals surface area (Å²) in [5.41, 5.74) is 0. The number of aryl methyl sites for hydroxylation is 1. The molecule has 0 saturated heterocycles. The van der Waals surface area contributed by atoms with Crippen molar-refractivity contribution in [3.05, 3.63) is 22.4 Å². The molecule has 0 radical (unpaired) electrons. The Balaban J connectivity index is 1.81. The molecule has 0 bridgehead atoms. The van der Waals surface area contributed by atoms with Crippen LogP contribution in [0.1, 0.15) is 37.0 Å². The van der Waals surface area contributed by atoms with E-state index in [2.05, 4.69) is 29.9 Å². The third-order valence-electron chi connectivity index (χ3n) is 3.87. The van der Waals surface area contributed by atoms with Crippen molar-refractivity contribution in [2.45, 2.75) is 38.5 Å². The van der Waals surface area contributed by atoms with Crippen molar-refractivity contribution in [2.24, 2.45) is 11.8 Å². The molecule has 1 nitrogen and oxygen atoms in total. The highest BCUT2D eigenvalue weighted by Crippen LogP contribution is 2.33. The molecule has 1 heterocycles. The molecule has 2 atom stereocenters. The van der Waals surface area contributed by atoms with E-state index in [1.807, 2.05) is 11.3 Å². The summed E-state index contributed by atoms with van der Waals surface area (Å²) in [6.07, 6.45) is 8.49. The predicted octanol–water partition coefficient (Wildman–Crippen LogP) is 3.71. The van der Waals surface area contributed by atoms with E-state index in [-0.39, 0.29) is 0 Å². The molecule has 2 rings (SSSR count). The molecule has 1 N–H and O–H groups in total. The fraction of sp³-hybridized carbons (Fsp3) is 0.714. The van der Waals surface area contributed by atoms with Crippen LogP contribution in [0.25, 0.3) is 0 Å². The summed E-state index contributed by atoms with van der Waals surface area (Å²) < 4.78 is 0. The van der Waals surface area contributed by atoms with Gasteiger partial charge in [0.2, 0.25) is 0 Å². The van der Waals surface area contributed by atoms with Gasteiger partial charge in [-0.25, -0.2) is 0 Å². The maximum atomic E-state index is 3.36. The Morgan fingerprint density at radius 3 is 2.81 bits per heavy atom. The van der Waals surface area contributed by atoms with Crippen LogP contribution in [0.5, 0.6) is 0 Å². The van der Waals surface area contributed by atoms with Crippen molar-refractivity contribution in [2.75, 3.05) is 13.6 Å². The van der Waals surface area contributed by atoms with Gasteiger partial charge in [0.05, 0.1) is 0 Å². The summed E-state index contributed by atoms with van der Waals surface area (Å²) in [6.45, 7) is 1.22. The second-order valence-electron chi connectivity index (χ2n) is 4.98. The zero-order valence-electron chi connectivity index (χ0n) is 10.2. The second-order valence-corrected chi connectivity index (χ2v) is 6.01. The van der Waals surface area contributed by atoms with Gasteiger partial charge in [-0.1, -0.05) is 25.3 Å². The number of hydrogen-bond acceptors (Lipinski definition) is 2. The lowest BCUT2D eigenvalue weighted by Gasteiger charge is -2.31. The lowest BCUT2D eigenvalue weighted by atomic mass is 9.77. The molecule has 1 aromatic rings. The molecule has 1 aliphatic carbocycles. The van der Waals surface area contributed by atoms with Gasteiger partial charge in [-0.2, -0.15) is 0 Å². The van der Waals surface area contributed by atoms with E-state index in [4.69, 9.17) is 0 Å². The predicted molar refractivity (Wildman–Crippen MR) is 72.0 cm³/mol. The molecule has 90 valence electrons. The monoisotopic (exact) mass is 237 g/mol. The van der Waals surface area contributed by atoms with Gasteiger partial charge < -0.3 is 5.32 Å². The molecule has 0 aromatic carbocycles. The van der Waals surface area contributed by atoms with E-state index in [0.717, 1.165) is 11.8 Å². The highest BCUT2D eigenvalue weighted by molar-refractivity contribution is 7.09. The molecule has 1 fully saturated rings. The normalized spacial score (nSPS) is 25.8. The lowest BCUT2D eigenvalue weighted by molar-refractivity contribution is 0.221. The zero-order valence-corrected chi connectivity index (χ0v) is 11.1. The molecule has 16 heavy (non-hydrogen) atoms. The van der Waals surface area contributed by atoms with Gasteiger partial charge in [0.15, 0.2) is 0 Å². The Bertz CT molecular complexity index is 279. The standard InChI is InChI=1S/C14H23NS/c1-15-11-13-6-3-2-5-12(13)8-9-14-7-4-10-16-14/h4,7,10,12-13,15H,2-3,5-6,8-9,11H2,1H3. The molecule has 0 spiro atoms. The van der Waals surface area contributed by atoms with Crippen LogP contribution in [0.4, 0.5) is 0 Å². The highest BCUT2D eigenvalue weighted by atomic mass is 32.1. The van der Waals surface area contributed by atoms with Crippen molar-refractivity contribution >= 4 is 11.3 Å². The second kappa shape index (κ2) is 6.41. The highest BCUT2D eigenvalue weighted by Gasteiger charge is 2.23. The molecule has 2 unspecified atom stereocenters. The average Bonchev–Trinajstić information content (AvgIpc) is 2.81. The van der Waals surface area contributed by atoms with Crippen molar-refractivity contribution in [3.8, 4) is 0 Å². The minimum atomic E-state index is 0.929. The van der Waals surface area contributed by atoms with E-state index >= 15 is 0 Å². The Morgan fingerprint density at radius 2 is 2.12 bits per heavy atom. The van der Waals surface area contributed by atoms with E-state index in [0.29, 0.717) is 0 Å². The summed E-state index contributed by atoms with van der Waals surface area (Å²) >= 11 is 1.91. The summed E-state index contributed by atoms with van der Waals surface area (Å²) in [6, 6.07) is 4.45. The minimum Gasteiger partial charge on any atom is -0.319 e. The average molecular weight is 237 g/mol.